The van der Waals surface area contributed by atoms with E-state index in [0.29, 0.717) is 36.7 Å². The molecule has 9 N–H and O–H groups in total. The summed E-state index contributed by atoms with van der Waals surface area (Å²) < 4.78 is 187. The number of imide groups is 1. The number of aryl methyl sites for hydroxylation is 2. The number of ether oxygens (including phenoxy) is 5. The molecular formula is C55H61ClF8N11O20PS2. The zero-order chi connectivity index (χ0) is 73.5. The van der Waals surface area contributed by atoms with Crippen molar-refractivity contribution in [1.82, 2.24) is 34.4 Å². The van der Waals surface area contributed by atoms with Crippen molar-refractivity contribution in [2.24, 2.45) is 5.73 Å². The summed E-state index contributed by atoms with van der Waals surface area (Å²) in [4.78, 5) is 109. The van der Waals surface area contributed by atoms with Crippen LogP contribution in [0, 0.1) is 12.7 Å². The van der Waals surface area contributed by atoms with Crippen molar-refractivity contribution in [3.8, 4) is 23.5 Å². The Labute approximate surface area is 556 Å². The van der Waals surface area contributed by atoms with Gasteiger partial charge in [-0.1, -0.05) is 61.7 Å². The van der Waals surface area contributed by atoms with Gasteiger partial charge in [0.05, 0.1) is 41.0 Å². The molecule has 31 nitrogen and oxygen atoms in total. The lowest BCUT2D eigenvalue weighted by molar-refractivity contribution is -0.146. The molecule has 536 valence electrons. The van der Waals surface area contributed by atoms with Crippen molar-refractivity contribution in [2.75, 3.05) is 48.7 Å². The largest absolute Gasteiger partial charge is 0.480 e. The number of nitrogens with one attached hydrogen (secondary N) is 4. The predicted octanol–water partition coefficient (Wildman–Crippen LogP) is 8.11. The number of carboxylic acid groups (broad SMARTS) is 2. The van der Waals surface area contributed by atoms with Crippen LogP contribution in [0.2, 0.25) is 5.02 Å². The Hall–Kier alpha value is -9.44. The number of alkyl halides is 7. The minimum Gasteiger partial charge on any atom is -0.480 e. The van der Waals surface area contributed by atoms with Gasteiger partial charge in [-0.15, -0.1) is 0 Å². The van der Waals surface area contributed by atoms with Crippen LogP contribution in [0.3, 0.4) is 0 Å². The van der Waals surface area contributed by atoms with Gasteiger partial charge < -0.3 is 44.5 Å². The van der Waals surface area contributed by atoms with Gasteiger partial charge in [0.2, 0.25) is 23.7 Å². The number of nitrogens with zero attached hydrogens (tertiary/aromatic N) is 6. The summed E-state index contributed by atoms with van der Waals surface area (Å²) in [7, 11) is -11.0. The number of aromatic carboxylic acids is 1. The van der Waals surface area contributed by atoms with E-state index in [-0.39, 0.29) is 52.4 Å². The number of aromatic nitrogens is 5. The number of rotatable bonds is 26. The fourth-order valence-corrected chi connectivity index (χ4v) is 11.3. The quantitative estimate of drug-likeness (QED) is 0.00851. The topological polar surface area (TPSA) is 454 Å². The van der Waals surface area contributed by atoms with Gasteiger partial charge >= 0.3 is 55.4 Å². The number of sulfonamides is 2. The van der Waals surface area contributed by atoms with E-state index in [1.165, 1.54) is 61.8 Å². The van der Waals surface area contributed by atoms with Crippen molar-refractivity contribution in [3.63, 3.8) is 0 Å². The molecule has 3 aromatic carbocycles. The number of nitrogens with two attached hydrogens (primary N) is 1. The molecule has 1 aliphatic heterocycles. The summed E-state index contributed by atoms with van der Waals surface area (Å²) in [5, 5.41) is 21.1. The number of hydrogen-bond acceptors (Lipinski definition) is 23. The smallest absolute Gasteiger partial charge is 0.389 e. The van der Waals surface area contributed by atoms with Crippen LogP contribution in [-0.2, 0) is 54.9 Å². The van der Waals surface area contributed by atoms with E-state index in [4.69, 9.17) is 46.7 Å². The molecule has 1 aliphatic carbocycles. The molecule has 3 heterocycles. The molecule has 6 amide bonds. The first-order chi connectivity index (χ1) is 45.7. The first kappa shape index (κ1) is 81.0. The van der Waals surface area contributed by atoms with E-state index in [9.17, 15) is 90.1 Å². The minimum absolute atomic E-state index is 0.000883. The van der Waals surface area contributed by atoms with E-state index in [1.54, 1.807) is 10.0 Å². The molecule has 43 heteroatoms. The van der Waals surface area contributed by atoms with Crippen LogP contribution in [0.4, 0.5) is 62.3 Å². The highest BCUT2D eigenvalue weighted by Gasteiger charge is 2.41. The molecule has 0 spiro atoms. The number of aliphatic carboxylic acids is 1. The van der Waals surface area contributed by atoms with E-state index in [0.717, 1.165) is 61.3 Å². The Morgan fingerprint density at radius 1 is 0.786 bits per heavy atom. The van der Waals surface area contributed by atoms with E-state index >= 15 is 0 Å². The fourth-order valence-electron chi connectivity index (χ4n) is 8.08. The lowest BCUT2D eigenvalue weighted by atomic mass is 9.93. The molecule has 0 saturated carbocycles. The van der Waals surface area contributed by atoms with Gasteiger partial charge in [0, 0.05) is 36.5 Å². The number of anilines is 3. The number of esters is 1. The summed E-state index contributed by atoms with van der Waals surface area (Å²) >= 11 is 6.02. The van der Waals surface area contributed by atoms with Crippen LogP contribution in [0.15, 0.2) is 87.7 Å². The highest BCUT2D eigenvalue weighted by molar-refractivity contribution is 7.90. The molecule has 0 bridgehead atoms. The van der Waals surface area contributed by atoms with E-state index in [2.05, 4.69) is 39.7 Å². The molecule has 2 aromatic heterocycles. The lowest BCUT2D eigenvalue weighted by Gasteiger charge is -2.18. The first-order valence-corrected chi connectivity index (χ1v) is 33.7. The number of benzene rings is 3. The van der Waals surface area contributed by atoms with Crippen molar-refractivity contribution in [1.29, 1.82) is 0 Å². The number of unbranched alkanes of at least 4 members (excludes halogenated alkanes) is 2. The van der Waals surface area contributed by atoms with Crippen LogP contribution in [-0.4, -0.2) is 157 Å². The van der Waals surface area contributed by atoms with Crippen molar-refractivity contribution in [2.45, 2.75) is 113 Å². The third kappa shape index (κ3) is 26.5. The number of carbonyl (C=O) groups excluding carboxylic acids is 5. The number of halogens is 9. The molecule has 2 atom stereocenters. The van der Waals surface area contributed by atoms with Crippen LogP contribution in [0.5, 0.6) is 23.5 Å². The van der Waals surface area contributed by atoms with Gasteiger partial charge in [-0.25, -0.2) is 54.7 Å². The maximum absolute atomic E-state index is 14.5. The Morgan fingerprint density at radius 3 is 1.83 bits per heavy atom. The second kappa shape index (κ2) is 36.8. The molecular weight excluding hydrogens is 1420 g/mol. The zero-order valence-electron chi connectivity index (χ0n) is 51.5. The van der Waals surface area contributed by atoms with Gasteiger partial charge in [-0.05, 0) is 81.7 Å². The monoisotopic (exact) mass is 1480 g/mol. The molecule has 98 heavy (non-hydrogen) atoms. The van der Waals surface area contributed by atoms with Crippen LogP contribution >= 0.6 is 19.0 Å². The summed E-state index contributed by atoms with van der Waals surface area (Å²) in [5.41, 5.74) is 5.05. The Balaban J connectivity index is 0.000000290. The van der Waals surface area contributed by atoms with Crippen molar-refractivity contribution >= 4 is 98.4 Å². The average molecular weight is 1480 g/mol. The highest BCUT2D eigenvalue weighted by atomic mass is 35.5. The molecule has 5 aromatic rings. The molecule has 7 rings (SSSR count). The summed E-state index contributed by atoms with van der Waals surface area (Å²) in [6.45, 7) is -2.20. The number of carboxylic acids is 2. The normalized spacial score (nSPS) is 13.7. The third-order valence-corrected chi connectivity index (χ3v) is 16.6. The molecule has 0 radical (unpaired) electrons. The fraction of sp³-hybridized carbons (Fsp3) is 0.382. The summed E-state index contributed by atoms with van der Waals surface area (Å²) in [6, 6.07) is 8.15. The van der Waals surface area contributed by atoms with Gasteiger partial charge in [0.15, 0.2) is 14.0 Å². The number of methoxy groups -OCH3 is 1. The molecule has 0 saturated heterocycles. The van der Waals surface area contributed by atoms with Crippen molar-refractivity contribution in [3.05, 3.63) is 106 Å². The number of hydrogen-bond donors (Lipinski definition) is 8. The Bertz CT molecular complexity index is 3980. The maximum Gasteiger partial charge on any atom is 0.389 e. The molecule has 0 fully saturated rings. The van der Waals surface area contributed by atoms with Gasteiger partial charge in [-0.3, -0.25) is 29.6 Å². The third-order valence-electron chi connectivity index (χ3n) is 12.4. The predicted molar refractivity (Wildman–Crippen MR) is 326 cm³/mol. The Kier molecular flexibility index (Phi) is 30.4. The second-order valence-electron chi connectivity index (χ2n) is 20.0. The maximum atomic E-state index is 14.5. The minimum atomic E-state index is -4.71. The SMILES string of the molecule is CCCCCOC(=O)COc1cc(N2C(=O)C3=C(CCCC3)C2=O)c(F)cc1Cl.COc1nc(C)nc(NC(=O)NS(=O)(=O)c2ccccc2CCC(F)(F)F)n1.CP(=O)(O)CCC(N)C(=O)O.O=C(Nc1nc(OC(F)F)cc(OC(F)F)n1)NS(=O)(=O)c1ccccc1C(=O)O. The number of urea groups is 2. The first-order valence-electron chi connectivity index (χ1n) is 28.1. The summed E-state index contributed by atoms with van der Waals surface area (Å²) in [6.07, 6.45) is -0.796. The average Bonchev–Trinajstić information content (AvgIpc) is 1.60. The second-order valence-corrected chi connectivity index (χ2v) is 26.3. The van der Waals surface area contributed by atoms with Gasteiger partial charge in [-0.2, -0.15) is 55.7 Å². The highest BCUT2D eigenvalue weighted by Crippen LogP contribution is 2.40. The van der Waals surface area contributed by atoms with E-state index < -0.39 is 153 Å². The lowest BCUT2D eigenvalue weighted by Crippen LogP contribution is -2.35. The summed E-state index contributed by atoms with van der Waals surface area (Å²) in [5.74, 6) is -8.05. The van der Waals surface area contributed by atoms with Crippen molar-refractivity contribution < 1.29 is 129 Å². The van der Waals surface area contributed by atoms with Gasteiger partial charge in [0.25, 0.3) is 31.9 Å². The Morgan fingerprint density at radius 2 is 1.32 bits per heavy atom. The van der Waals surface area contributed by atoms with Crippen LogP contribution in [0.25, 0.3) is 0 Å². The number of carbonyl (C=O) groups is 7. The van der Waals surface area contributed by atoms with Gasteiger partial charge in [0.1, 0.15) is 28.3 Å². The standard InChI is InChI=1S/C21H23ClFNO5.C15H16F3N5O4S.C14H10F4N4O7S.C5H12NO4P/c1-2-3-6-9-28-19(25)12-29-18-11-17(16(23)10-15(18)22)24-20(26)13-7-4-5-8-14(13)21(24)27;1-9-19-12(22-14(20-9)27-2)21-13(24)23-28(25,26)11-6-4-3-5-10(11)7-8-15(16,17)18;15-11(16)28-8-5-9(29-12(17)18)20-13(19-8)21-14(25)22-30(26,27)7-4-2-1-3-6(7)10(23)24;1-11(9,10)3-2-4(6)5(7)8/h10-11H,2-9,12H2,1H3;3-6H,7-8H2,1-2H3,(H2,19,20,21,22,23,24);1-5,11-12H,(H,23,24)(H2,19,20,21,22,25);4H,2-3,6H2,1H3,(H,7,8)(H,9,10). The molecule has 2 aliphatic rings. The van der Waals surface area contributed by atoms with E-state index in [1.807, 2.05) is 6.92 Å². The van der Waals surface area contributed by atoms with Crippen LogP contribution < -0.4 is 49.7 Å². The molecule has 2 unspecified atom stereocenters. The number of amides is 6. The zero-order valence-corrected chi connectivity index (χ0v) is 54.8. The van der Waals surface area contributed by atoms with Crippen LogP contribution in [0.1, 0.15) is 86.5 Å².